The zero-order valence-corrected chi connectivity index (χ0v) is 23.9. The summed E-state index contributed by atoms with van der Waals surface area (Å²) < 4.78 is 33.8. The molecule has 0 bridgehead atoms. The molecular weight excluding hydrogens is 558 g/mol. The normalized spacial score (nSPS) is 15.3. The zero-order chi connectivity index (χ0) is 29.0. The maximum absolute atomic E-state index is 15.2. The van der Waals surface area contributed by atoms with Gasteiger partial charge in [-0.15, -0.1) is 11.8 Å². The average Bonchev–Trinajstić information content (AvgIpc) is 3.00. The average molecular weight is 587 g/mol. The van der Waals surface area contributed by atoms with E-state index in [1.54, 1.807) is 57.2 Å². The highest BCUT2D eigenvalue weighted by atomic mass is 35.5. The van der Waals surface area contributed by atoms with E-state index in [1.807, 2.05) is 0 Å². The molecule has 0 fully saturated rings. The maximum Gasteiger partial charge on any atom is 0.408 e. The minimum Gasteiger partial charge on any atom is -0.444 e. The molecule has 10 heteroatoms. The van der Waals surface area contributed by atoms with Crippen molar-refractivity contribution in [3.63, 3.8) is 0 Å². The number of nitrogens with zero attached hydrogens (tertiary/aromatic N) is 1. The number of hydrogen-bond donors (Lipinski definition) is 1. The van der Waals surface area contributed by atoms with E-state index in [9.17, 15) is 18.8 Å². The van der Waals surface area contributed by atoms with Crippen LogP contribution >= 0.6 is 23.4 Å². The number of rotatable bonds is 7. The van der Waals surface area contributed by atoms with Crippen LogP contribution in [0.15, 0.2) is 65.6 Å². The Morgan fingerprint density at radius 1 is 1.05 bits per heavy atom. The van der Waals surface area contributed by atoms with Crippen LogP contribution in [0.4, 0.5) is 19.3 Å². The van der Waals surface area contributed by atoms with Crippen molar-refractivity contribution >= 4 is 46.8 Å². The fraction of sp³-hybridized carbons (Fsp3) is 0.300. The summed E-state index contributed by atoms with van der Waals surface area (Å²) in [6.45, 7) is 5.26. The Morgan fingerprint density at radius 3 is 2.35 bits per heavy atom. The summed E-state index contributed by atoms with van der Waals surface area (Å²) in [7, 11) is 0. The van der Waals surface area contributed by atoms with Crippen molar-refractivity contribution in [2.24, 2.45) is 0 Å². The maximum atomic E-state index is 15.2. The molecule has 2 amide bonds. The first-order valence-electron chi connectivity index (χ1n) is 12.7. The quantitative estimate of drug-likeness (QED) is 0.303. The van der Waals surface area contributed by atoms with Crippen LogP contribution in [0.3, 0.4) is 0 Å². The van der Waals surface area contributed by atoms with Crippen molar-refractivity contribution in [1.29, 1.82) is 0 Å². The van der Waals surface area contributed by atoms with E-state index in [-0.39, 0.29) is 30.1 Å². The van der Waals surface area contributed by atoms with E-state index in [4.69, 9.17) is 16.3 Å². The van der Waals surface area contributed by atoms with Gasteiger partial charge in [-0.1, -0.05) is 35.9 Å². The second-order valence-corrected chi connectivity index (χ2v) is 11.9. The minimum atomic E-state index is -0.958. The van der Waals surface area contributed by atoms with Crippen molar-refractivity contribution < 1.29 is 27.9 Å². The van der Waals surface area contributed by atoms with Crippen molar-refractivity contribution in [2.45, 2.75) is 56.7 Å². The number of carbonyl (C=O) groups excluding carboxylic acids is 3. The number of ketones is 1. The van der Waals surface area contributed by atoms with Crippen LogP contribution in [-0.2, 0) is 22.5 Å². The molecule has 3 aromatic carbocycles. The van der Waals surface area contributed by atoms with Gasteiger partial charge in [0, 0.05) is 22.1 Å². The van der Waals surface area contributed by atoms with Gasteiger partial charge in [0.25, 0.3) is 5.91 Å². The van der Waals surface area contributed by atoms with Gasteiger partial charge in [0.05, 0.1) is 17.8 Å². The third-order valence-electron chi connectivity index (χ3n) is 6.11. The van der Waals surface area contributed by atoms with Gasteiger partial charge in [-0.3, -0.25) is 9.59 Å². The Morgan fingerprint density at radius 2 is 1.70 bits per heavy atom. The number of amides is 2. The summed E-state index contributed by atoms with van der Waals surface area (Å²) in [5.74, 6) is -1.81. The molecule has 0 saturated heterocycles. The van der Waals surface area contributed by atoms with Crippen molar-refractivity contribution in [2.75, 3.05) is 10.7 Å². The lowest BCUT2D eigenvalue weighted by molar-refractivity contribution is -0.120. The van der Waals surface area contributed by atoms with E-state index in [0.29, 0.717) is 22.0 Å². The summed E-state index contributed by atoms with van der Waals surface area (Å²) in [6.07, 6.45) is -0.436. The number of Topliss-reactive ketones (excluding diaryl/α,β-unsaturated/α-hetero) is 1. The minimum absolute atomic E-state index is 0.00242. The summed E-state index contributed by atoms with van der Waals surface area (Å²) in [5, 5.41) is 3.17. The molecule has 0 aliphatic carbocycles. The molecule has 1 N–H and O–H groups in total. The third-order valence-corrected chi connectivity index (χ3v) is 7.50. The summed E-state index contributed by atoms with van der Waals surface area (Å²) in [4.78, 5) is 41.3. The molecule has 0 aromatic heterocycles. The number of carbonyl (C=O) groups is 3. The van der Waals surface area contributed by atoms with Crippen molar-refractivity contribution in [3.8, 4) is 0 Å². The molecule has 1 aliphatic rings. The molecular formula is C30H29ClF2N2O4S. The molecule has 4 rings (SSSR count). The van der Waals surface area contributed by atoms with Gasteiger partial charge in [0.2, 0.25) is 0 Å². The van der Waals surface area contributed by atoms with E-state index in [2.05, 4.69) is 5.32 Å². The molecule has 40 heavy (non-hydrogen) atoms. The molecule has 210 valence electrons. The van der Waals surface area contributed by atoms with E-state index < -0.39 is 35.2 Å². The van der Waals surface area contributed by atoms with Gasteiger partial charge >= 0.3 is 6.09 Å². The van der Waals surface area contributed by atoms with Gasteiger partial charge in [-0.2, -0.15) is 0 Å². The number of hydrogen-bond acceptors (Lipinski definition) is 5. The lowest BCUT2D eigenvalue weighted by Crippen LogP contribution is -2.50. The molecule has 1 atom stereocenters. The van der Waals surface area contributed by atoms with Crippen LogP contribution in [0, 0.1) is 11.6 Å². The SMILES string of the molecule is CC(C)(C)OC(=O)N[C@H]1CSc2cc(F)c(C(=O)CCc3ccc(F)cc3)cc2N(Cc2ccc(Cl)cc2)C1=O. The topological polar surface area (TPSA) is 75.7 Å². The molecule has 1 aliphatic heterocycles. The fourth-order valence-corrected chi connectivity index (χ4v) is 5.37. The van der Waals surface area contributed by atoms with Gasteiger partial charge < -0.3 is 15.0 Å². The molecule has 0 radical (unpaired) electrons. The monoisotopic (exact) mass is 586 g/mol. The Kier molecular flexibility index (Phi) is 9.15. The number of fused-ring (bicyclic) bond motifs is 1. The van der Waals surface area contributed by atoms with Crippen molar-refractivity contribution in [3.05, 3.63) is 94.0 Å². The van der Waals surface area contributed by atoms with Gasteiger partial charge in [-0.25, -0.2) is 13.6 Å². The largest absolute Gasteiger partial charge is 0.444 e. The number of anilines is 1. The van der Waals surface area contributed by atoms with Crippen LogP contribution in [0.1, 0.15) is 48.7 Å². The Hall–Kier alpha value is -3.43. The highest BCUT2D eigenvalue weighted by Crippen LogP contribution is 2.38. The molecule has 0 unspecified atom stereocenters. The van der Waals surface area contributed by atoms with Crippen LogP contribution < -0.4 is 10.2 Å². The first kappa shape index (κ1) is 29.6. The predicted molar refractivity (Wildman–Crippen MR) is 152 cm³/mol. The summed E-state index contributed by atoms with van der Waals surface area (Å²) >= 11 is 7.24. The number of ether oxygens (including phenoxy) is 1. The third kappa shape index (κ3) is 7.61. The Balaban J connectivity index is 1.65. The highest BCUT2D eigenvalue weighted by molar-refractivity contribution is 7.99. The van der Waals surface area contributed by atoms with Crippen LogP contribution in [0.5, 0.6) is 0 Å². The second kappa shape index (κ2) is 12.4. The molecule has 3 aromatic rings. The van der Waals surface area contributed by atoms with E-state index in [0.717, 1.165) is 11.1 Å². The standard InChI is InChI=1S/C30H29ClF2N2O4S/c1-30(2,3)39-29(38)34-24-17-40-27-15-23(33)22(26(36)13-8-18-6-11-21(32)12-7-18)14-25(27)35(28(24)37)16-19-4-9-20(31)10-5-19/h4-7,9-12,14-15,24H,8,13,16-17H2,1-3H3,(H,34,38)/t24-/m0/s1. The molecule has 0 saturated carbocycles. The first-order valence-corrected chi connectivity index (χ1v) is 14.1. The Labute approximate surface area is 241 Å². The molecule has 0 spiro atoms. The summed E-state index contributed by atoms with van der Waals surface area (Å²) in [6, 6.07) is 14.4. The first-order chi connectivity index (χ1) is 18.9. The summed E-state index contributed by atoms with van der Waals surface area (Å²) in [5.41, 5.74) is 0.957. The fourth-order valence-electron chi connectivity index (χ4n) is 4.17. The van der Waals surface area contributed by atoms with E-state index in [1.165, 1.54) is 40.9 Å². The lowest BCUT2D eigenvalue weighted by atomic mass is 10.0. The second-order valence-electron chi connectivity index (χ2n) is 10.4. The number of benzene rings is 3. The lowest BCUT2D eigenvalue weighted by Gasteiger charge is -2.27. The number of halogens is 3. The van der Waals surface area contributed by atoms with Gasteiger partial charge in [0.15, 0.2) is 5.78 Å². The highest BCUT2D eigenvalue weighted by Gasteiger charge is 2.34. The van der Waals surface area contributed by atoms with Crippen LogP contribution in [0.2, 0.25) is 5.02 Å². The Bertz CT molecular complexity index is 1410. The van der Waals surface area contributed by atoms with E-state index >= 15 is 4.39 Å². The number of thioether (sulfide) groups is 1. The van der Waals surface area contributed by atoms with Crippen molar-refractivity contribution in [1.82, 2.24) is 5.32 Å². The predicted octanol–water partition coefficient (Wildman–Crippen LogP) is 6.97. The van der Waals surface area contributed by atoms with Gasteiger partial charge in [-0.05, 0) is 74.7 Å². The zero-order valence-electron chi connectivity index (χ0n) is 22.3. The molecule has 1 heterocycles. The smallest absolute Gasteiger partial charge is 0.408 e. The molecule has 6 nitrogen and oxygen atoms in total. The van der Waals surface area contributed by atoms with Crippen LogP contribution in [0.25, 0.3) is 0 Å². The van der Waals surface area contributed by atoms with Crippen LogP contribution in [-0.4, -0.2) is 35.2 Å². The number of nitrogens with one attached hydrogen (secondary N) is 1. The number of aryl methyl sites for hydroxylation is 1. The van der Waals surface area contributed by atoms with Gasteiger partial charge in [0.1, 0.15) is 23.3 Å². The number of alkyl carbamates (subject to hydrolysis) is 1.